The Morgan fingerprint density at radius 3 is 2.48 bits per heavy atom. The lowest BCUT2D eigenvalue weighted by Crippen LogP contribution is -2.07. The number of hydrogen-bond acceptors (Lipinski definition) is 6. The third-order valence-corrected chi connectivity index (χ3v) is 3.90. The minimum Gasteiger partial charge on any atom is -0.493 e. The molecule has 2 N–H and O–H groups in total. The third-order valence-electron chi connectivity index (χ3n) is 3.90. The zero-order valence-electron chi connectivity index (χ0n) is 15.4. The van der Waals surface area contributed by atoms with Gasteiger partial charge < -0.3 is 20.1 Å². The van der Waals surface area contributed by atoms with Crippen LogP contribution in [0.5, 0.6) is 11.5 Å². The van der Waals surface area contributed by atoms with Gasteiger partial charge in [0.2, 0.25) is 5.95 Å². The van der Waals surface area contributed by atoms with E-state index in [2.05, 4.69) is 20.6 Å². The van der Waals surface area contributed by atoms with E-state index < -0.39 is 0 Å². The standard InChI is InChI=1S/C20H21FN4O2/c1-13-10-19(24-15-8-9-17(26-2)18(11-15)27-3)25-20(23-13)22-12-14-6-4-5-7-16(14)21/h4-11H,12H2,1-3H3,(H2,22,23,24,25). The number of anilines is 3. The van der Waals surface area contributed by atoms with E-state index in [1.54, 1.807) is 32.4 Å². The highest BCUT2D eigenvalue weighted by atomic mass is 19.1. The van der Waals surface area contributed by atoms with Gasteiger partial charge in [-0.05, 0) is 25.1 Å². The van der Waals surface area contributed by atoms with E-state index in [9.17, 15) is 4.39 Å². The van der Waals surface area contributed by atoms with Crippen LogP contribution in [0.15, 0.2) is 48.5 Å². The number of aromatic nitrogens is 2. The Labute approximate surface area is 157 Å². The first kappa shape index (κ1) is 18.4. The van der Waals surface area contributed by atoms with Crippen molar-refractivity contribution in [3.63, 3.8) is 0 Å². The van der Waals surface area contributed by atoms with Gasteiger partial charge in [-0.15, -0.1) is 0 Å². The second-order valence-corrected chi connectivity index (χ2v) is 5.86. The highest BCUT2D eigenvalue weighted by Crippen LogP contribution is 2.31. The van der Waals surface area contributed by atoms with Crippen LogP contribution in [0.1, 0.15) is 11.3 Å². The molecule has 7 heteroatoms. The SMILES string of the molecule is COc1ccc(Nc2cc(C)nc(NCc3ccccc3F)n2)cc1OC. The maximum atomic E-state index is 13.8. The van der Waals surface area contributed by atoms with Crippen molar-refractivity contribution >= 4 is 17.5 Å². The summed E-state index contributed by atoms with van der Waals surface area (Å²) in [5.41, 5.74) is 2.13. The number of halogens is 1. The van der Waals surface area contributed by atoms with Gasteiger partial charge in [0.25, 0.3) is 0 Å². The molecule has 3 aromatic rings. The van der Waals surface area contributed by atoms with Gasteiger partial charge in [-0.2, -0.15) is 4.98 Å². The Kier molecular flexibility index (Phi) is 5.71. The normalized spacial score (nSPS) is 10.4. The number of ether oxygens (including phenoxy) is 2. The molecule has 6 nitrogen and oxygen atoms in total. The van der Waals surface area contributed by atoms with Crippen molar-refractivity contribution in [2.75, 3.05) is 24.9 Å². The number of rotatable bonds is 7. The second kappa shape index (κ2) is 8.35. The van der Waals surface area contributed by atoms with Crippen molar-refractivity contribution in [1.29, 1.82) is 0 Å². The molecule has 2 aromatic carbocycles. The first-order valence-corrected chi connectivity index (χ1v) is 8.41. The quantitative estimate of drug-likeness (QED) is 0.648. The van der Waals surface area contributed by atoms with Crippen molar-refractivity contribution in [2.24, 2.45) is 0 Å². The Morgan fingerprint density at radius 1 is 0.963 bits per heavy atom. The predicted octanol–water partition coefficient (Wildman–Crippen LogP) is 4.30. The van der Waals surface area contributed by atoms with Crippen LogP contribution < -0.4 is 20.1 Å². The average Bonchev–Trinajstić information content (AvgIpc) is 2.67. The van der Waals surface area contributed by atoms with Crippen LogP contribution in [0.4, 0.5) is 21.8 Å². The van der Waals surface area contributed by atoms with E-state index in [0.717, 1.165) is 11.4 Å². The van der Waals surface area contributed by atoms with Crippen LogP contribution in [0.2, 0.25) is 0 Å². The molecule has 0 aliphatic carbocycles. The molecule has 3 rings (SSSR count). The maximum absolute atomic E-state index is 13.8. The van der Waals surface area contributed by atoms with Gasteiger partial charge in [-0.25, -0.2) is 9.37 Å². The first-order chi connectivity index (χ1) is 13.1. The lowest BCUT2D eigenvalue weighted by molar-refractivity contribution is 0.355. The first-order valence-electron chi connectivity index (χ1n) is 8.41. The number of benzene rings is 2. The monoisotopic (exact) mass is 368 g/mol. The molecule has 0 atom stereocenters. The molecule has 0 spiro atoms. The molecule has 0 unspecified atom stereocenters. The van der Waals surface area contributed by atoms with Crippen molar-refractivity contribution in [2.45, 2.75) is 13.5 Å². The summed E-state index contributed by atoms with van der Waals surface area (Å²) in [6.07, 6.45) is 0. The van der Waals surface area contributed by atoms with Crippen LogP contribution in [0, 0.1) is 12.7 Å². The molecule has 0 saturated carbocycles. The molecule has 0 amide bonds. The summed E-state index contributed by atoms with van der Waals surface area (Å²) in [7, 11) is 3.17. The van der Waals surface area contributed by atoms with E-state index in [1.807, 2.05) is 31.2 Å². The number of hydrogen-bond donors (Lipinski definition) is 2. The Balaban J connectivity index is 1.76. The zero-order chi connectivity index (χ0) is 19.2. The molecule has 0 radical (unpaired) electrons. The summed E-state index contributed by atoms with van der Waals surface area (Å²) in [6.45, 7) is 2.17. The molecule has 0 saturated heterocycles. The molecule has 0 fully saturated rings. The second-order valence-electron chi connectivity index (χ2n) is 5.86. The summed E-state index contributed by atoms with van der Waals surface area (Å²) >= 11 is 0. The van der Waals surface area contributed by atoms with Gasteiger partial charge in [-0.3, -0.25) is 0 Å². The molecule has 1 aromatic heterocycles. The Bertz CT molecular complexity index is 934. The van der Waals surface area contributed by atoms with Crippen LogP contribution in [-0.2, 0) is 6.54 Å². The van der Waals surface area contributed by atoms with E-state index >= 15 is 0 Å². The predicted molar refractivity (Wildman–Crippen MR) is 103 cm³/mol. The number of nitrogens with zero attached hydrogens (tertiary/aromatic N) is 2. The fourth-order valence-corrected chi connectivity index (χ4v) is 2.59. The number of nitrogens with one attached hydrogen (secondary N) is 2. The van der Waals surface area contributed by atoms with Crippen LogP contribution in [0.25, 0.3) is 0 Å². The van der Waals surface area contributed by atoms with Crippen LogP contribution >= 0.6 is 0 Å². The third kappa shape index (κ3) is 4.63. The summed E-state index contributed by atoms with van der Waals surface area (Å²) in [5, 5.41) is 6.28. The molecule has 0 aliphatic rings. The van der Waals surface area contributed by atoms with Crippen LogP contribution in [0.3, 0.4) is 0 Å². The molecule has 140 valence electrons. The molecular formula is C20H21FN4O2. The van der Waals surface area contributed by atoms with Crippen molar-refractivity contribution in [3.05, 3.63) is 65.6 Å². The number of aryl methyl sites for hydroxylation is 1. The summed E-state index contributed by atoms with van der Waals surface area (Å²) in [4.78, 5) is 8.80. The van der Waals surface area contributed by atoms with E-state index in [-0.39, 0.29) is 5.82 Å². The zero-order valence-corrected chi connectivity index (χ0v) is 15.4. The highest BCUT2D eigenvalue weighted by molar-refractivity contribution is 5.62. The van der Waals surface area contributed by atoms with Gasteiger partial charge in [0.1, 0.15) is 11.6 Å². The summed E-state index contributed by atoms with van der Waals surface area (Å²) in [6, 6.07) is 13.9. The van der Waals surface area contributed by atoms with E-state index in [1.165, 1.54) is 6.07 Å². The van der Waals surface area contributed by atoms with Gasteiger partial charge in [0, 0.05) is 35.6 Å². The highest BCUT2D eigenvalue weighted by Gasteiger charge is 2.08. The van der Waals surface area contributed by atoms with Gasteiger partial charge >= 0.3 is 0 Å². The summed E-state index contributed by atoms with van der Waals surface area (Å²) in [5.74, 6) is 2.04. The van der Waals surface area contributed by atoms with Crippen molar-refractivity contribution in [1.82, 2.24) is 9.97 Å². The van der Waals surface area contributed by atoms with Crippen LogP contribution in [-0.4, -0.2) is 24.2 Å². The average molecular weight is 368 g/mol. The van der Waals surface area contributed by atoms with Crippen molar-refractivity contribution < 1.29 is 13.9 Å². The Morgan fingerprint density at radius 2 is 1.74 bits per heavy atom. The minimum absolute atomic E-state index is 0.263. The smallest absolute Gasteiger partial charge is 0.225 e. The van der Waals surface area contributed by atoms with E-state index in [0.29, 0.717) is 35.4 Å². The van der Waals surface area contributed by atoms with E-state index in [4.69, 9.17) is 9.47 Å². The molecule has 27 heavy (non-hydrogen) atoms. The van der Waals surface area contributed by atoms with Crippen molar-refractivity contribution in [3.8, 4) is 11.5 Å². The fraction of sp³-hybridized carbons (Fsp3) is 0.200. The lowest BCUT2D eigenvalue weighted by Gasteiger charge is -2.12. The molecule has 1 heterocycles. The minimum atomic E-state index is -0.263. The molecule has 0 aliphatic heterocycles. The number of methoxy groups -OCH3 is 2. The Hall–Kier alpha value is -3.35. The molecule has 0 bridgehead atoms. The largest absolute Gasteiger partial charge is 0.493 e. The van der Waals surface area contributed by atoms with Gasteiger partial charge in [0.15, 0.2) is 11.5 Å². The lowest BCUT2D eigenvalue weighted by atomic mass is 10.2. The van der Waals surface area contributed by atoms with Gasteiger partial charge in [0.05, 0.1) is 14.2 Å². The molecular weight excluding hydrogens is 347 g/mol. The fourth-order valence-electron chi connectivity index (χ4n) is 2.59. The summed E-state index contributed by atoms with van der Waals surface area (Å²) < 4.78 is 24.3. The maximum Gasteiger partial charge on any atom is 0.225 e. The topological polar surface area (TPSA) is 68.3 Å². The van der Waals surface area contributed by atoms with Gasteiger partial charge in [-0.1, -0.05) is 18.2 Å².